The molecule has 0 heterocycles. The summed E-state index contributed by atoms with van der Waals surface area (Å²) in [5.74, 6) is -1.54. The molecule has 0 aliphatic carbocycles. The topological polar surface area (TPSA) is 140 Å². The molecule has 0 saturated heterocycles. The van der Waals surface area contributed by atoms with E-state index in [0.717, 1.165) is 12.8 Å². The molecule has 0 aliphatic rings. The number of hydrogen-bond donors (Lipinski definition) is 1. The first-order chi connectivity index (χ1) is 16.1. The molecule has 0 aromatic heterocycles. The van der Waals surface area contributed by atoms with Crippen LogP contribution in [0.1, 0.15) is 65.9 Å². The molecule has 0 radical (unpaired) electrons. The van der Waals surface area contributed by atoms with Gasteiger partial charge in [0.05, 0.1) is 6.61 Å². The fraction of sp³-hybridized carbons (Fsp3) is 0.583. The highest BCUT2D eigenvalue weighted by atomic mass is 16.7. The van der Waals surface area contributed by atoms with Gasteiger partial charge in [0.25, 0.3) is 0 Å². The lowest BCUT2D eigenvalue weighted by Gasteiger charge is -2.22. The van der Waals surface area contributed by atoms with Crippen LogP contribution in [0.2, 0.25) is 0 Å². The molecule has 10 nitrogen and oxygen atoms in total. The van der Waals surface area contributed by atoms with Crippen LogP contribution in [-0.4, -0.2) is 48.9 Å². The highest BCUT2D eigenvalue weighted by Gasteiger charge is 2.25. The summed E-state index contributed by atoms with van der Waals surface area (Å²) in [7, 11) is 0. The van der Waals surface area contributed by atoms with E-state index in [1.54, 1.807) is 33.8 Å². The second-order valence-corrected chi connectivity index (χ2v) is 7.66. The van der Waals surface area contributed by atoms with Crippen molar-refractivity contribution in [3.63, 3.8) is 0 Å². The van der Waals surface area contributed by atoms with Crippen LogP contribution in [-0.2, 0) is 35.0 Å². The predicted molar refractivity (Wildman–Crippen MR) is 122 cm³/mol. The molecule has 0 unspecified atom stereocenters. The van der Waals surface area contributed by atoms with Gasteiger partial charge in [0, 0.05) is 12.8 Å². The first-order valence-electron chi connectivity index (χ1n) is 11.4. The fourth-order valence-electron chi connectivity index (χ4n) is 2.52. The summed E-state index contributed by atoms with van der Waals surface area (Å²) in [6.07, 6.45) is -0.372. The Hall–Kier alpha value is -3.14. The predicted octanol–water partition coefficient (Wildman–Crippen LogP) is 3.46. The SMILES string of the molecule is CCCCOC(=O)O[C@@H](C)[C@H](C)OC(=O)[C@@H](N)Cc1ccc(OC(=O)CC)c(OC(=O)CC)c1. The van der Waals surface area contributed by atoms with Gasteiger partial charge in [-0.25, -0.2) is 4.79 Å². The van der Waals surface area contributed by atoms with Gasteiger partial charge in [-0.05, 0) is 44.4 Å². The lowest BCUT2D eigenvalue weighted by molar-refractivity contribution is -0.155. The first-order valence-corrected chi connectivity index (χ1v) is 11.4. The minimum Gasteiger partial charge on any atom is -0.458 e. The van der Waals surface area contributed by atoms with Crippen LogP contribution in [0.15, 0.2) is 18.2 Å². The zero-order valence-electron chi connectivity index (χ0n) is 20.5. The van der Waals surface area contributed by atoms with E-state index >= 15 is 0 Å². The van der Waals surface area contributed by atoms with E-state index in [-0.39, 0.29) is 37.4 Å². The van der Waals surface area contributed by atoms with E-state index < -0.39 is 42.3 Å². The van der Waals surface area contributed by atoms with Crippen LogP contribution in [0, 0.1) is 0 Å². The smallest absolute Gasteiger partial charge is 0.458 e. The van der Waals surface area contributed by atoms with E-state index in [2.05, 4.69) is 0 Å². The second-order valence-electron chi connectivity index (χ2n) is 7.66. The van der Waals surface area contributed by atoms with Crippen molar-refractivity contribution in [1.82, 2.24) is 0 Å². The number of carbonyl (C=O) groups is 4. The Morgan fingerprint density at radius 1 is 0.882 bits per heavy atom. The van der Waals surface area contributed by atoms with Crippen LogP contribution in [0.3, 0.4) is 0 Å². The molecule has 0 aliphatic heterocycles. The summed E-state index contributed by atoms with van der Waals surface area (Å²) in [4.78, 5) is 47.5. The van der Waals surface area contributed by atoms with Gasteiger partial charge < -0.3 is 29.4 Å². The maximum atomic E-state index is 12.4. The summed E-state index contributed by atoms with van der Waals surface area (Å²) in [5.41, 5.74) is 6.56. The summed E-state index contributed by atoms with van der Waals surface area (Å²) < 4.78 is 25.8. The van der Waals surface area contributed by atoms with Gasteiger partial charge in [-0.15, -0.1) is 0 Å². The lowest BCUT2D eigenvalue weighted by Crippen LogP contribution is -2.39. The van der Waals surface area contributed by atoms with Crippen molar-refractivity contribution in [3.8, 4) is 11.5 Å². The van der Waals surface area contributed by atoms with Crippen molar-refractivity contribution in [2.75, 3.05) is 6.61 Å². The highest BCUT2D eigenvalue weighted by Crippen LogP contribution is 2.30. The molecule has 2 N–H and O–H groups in total. The van der Waals surface area contributed by atoms with Gasteiger partial charge in [-0.3, -0.25) is 14.4 Å². The van der Waals surface area contributed by atoms with Crippen molar-refractivity contribution in [2.45, 2.75) is 85.0 Å². The van der Waals surface area contributed by atoms with Gasteiger partial charge in [-0.2, -0.15) is 0 Å². The summed E-state index contributed by atoms with van der Waals surface area (Å²) in [5, 5.41) is 0. The number of rotatable bonds is 13. The first kappa shape index (κ1) is 28.9. The Morgan fingerprint density at radius 2 is 1.47 bits per heavy atom. The van der Waals surface area contributed by atoms with Gasteiger partial charge in [0.1, 0.15) is 18.2 Å². The molecule has 190 valence electrons. The molecular formula is C24H35NO9. The standard InChI is InChI=1S/C24H35NO9/c1-6-9-12-30-24(29)32-16(5)15(4)31-23(28)18(25)13-17-10-11-19(33-21(26)7-2)20(14-17)34-22(27)8-3/h10-11,14-16,18H,6-9,12-13,25H2,1-5H3/t15-,16-,18-/m0/s1. The van der Waals surface area contributed by atoms with Crippen molar-refractivity contribution in [1.29, 1.82) is 0 Å². The Bertz CT molecular complexity index is 840. The molecule has 0 saturated carbocycles. The number of carbonyl (C=O) groups excluding carboxylic acids is 4. The number of unbranched alkanes of at least 4 members (excludes halogenated alkanes) is 1. The van der Waals surface area contributed by atoms with Crippen molar-refractivity contribution >= 4 is 24.1 Å². The minimum absolute atomic E-state index is 0.0590. The van der Waals surface area contributed by atoms with Crippen LogP contribution in [0.25, 0.3) is 0 Å². The third-order valence-corrected chi connectivity index (χ3v) is 4.75. The average molecular weight is 482 g/mol. The number of hydrogen-bond acceptors (Lipinski definition) is 10. The zero-order chi connectivity index (χ0) is 25.7. The van der Waals surface area contributed by atoms with Crippen molar-refractivity contribution < 1.29 is 42.9 Å². The molecular weight excluding hydrogens is 446 g/mol. The third-order valence-electron chi connectivity index (χ3n) is 4.75. The van der Waals surface area contributed by atoms with Crippen LogP contribution >= 0.6 is 0 Å². The molecule has 1 rings (SSSR count). The Balaban J connectivity index is 2.75. The van der Waals surface area contributed by atoms with E-state index in [0.29, 0.717) is 5.56 Å². The molecule has 34 heavy (non-hydrogen) atoms. The normalized spacial score (nSPS) is 13.2. The largest absolute Gasteiger partial charge is 0.508 e. The Labute approximate surface area is 200 Å². The Morgan fingerprint density at radius 3 is 2.06 bits per heavy atom. The van der Waals surface area contributed by atoms with Crippen LogP contribution in [0.5, 0.6) is 11.5 Å². The minimum atomic E-state index is -1.04. The van der Waals surface area contributed by atoms with Crippen LogP contribution < -0.4 is 15.2 Å². The number of ether oxygens (including phenoxy) is 5. The van der Waals surface area contributed by atoms with E-state index in [4.69, 9.17) is 29.4 Å². The molecule has 0 amide bonds. The molecule has 1 aromatic carbocycles. The van der Waals surface area contributed by atoms with E-state index in [9.17, 15) is 19.2 Å². The number of nitrogens with two attached hydrogens (primary N) is 1. The molecule has 0 fully saturated rings. The van der Waals surface area contributed by atoms with Crippen molar-refractivity contribution in [2.24, 2.45) is 5.73 Å². The van der Waals surface area contributed by atoms with Gasteiger partial charge >= 0.3 is 24.1 Å². The van der Waals surface area contributed by atoms with E-state index in [1.807, 2.05) is 6.92 Å². The summed E-state index contributed by atoms with van der Waals surface area (Å²) in [6, 6.07) is 3.53. The fourth-order valence-corrected chi connectivity index (χ4v) is 2.52. The highest BCUT2D eigenvalue weighted by molar-refractivity contribution is 5.77. The second kappa shape index (κ2) is 14.9. The number of esters is 3. The molecule has 10 heteroatoms. The average Bonchev–Trinajstić information content (AvgIpc) is 2.80. The Kier molecular flexibility index (Phi) is 12.7. The maximum Gasteiger partial charge on any atom is 0.508 e. The van der Waals surface area contributed by atoms with Crippen LogP contribution in [0.4, 0.5) is 4.79 Å². The summed E-state index contributed by atoms with van der Waals surface area (Å²) >= 11 is 0. The summed E-state index contributed by atoms with van der Waals surface area (Å²) in [6.45, 7) is 8.65. The quantitative estimate of drug-likeness (QED) is 0.253. The third kappa shape index (κ3) is 10.2. The van der Waals surface area contributed by atoms with Gasteiger partial charge in [0.15, 0.2) is 11.5 Å². The molecule has 1 aromatic rings. The zero-order valence-corrected chi connectivity index (χ0v) is 20.5. The number of benzene rings is 1. The van der Waals surface area contributed by atoms with E-state index in [1.165, 1.54) is 12.1 Å². The maximum absolute atomic E-state index is 12.4. The molecule has 0 bridgehead atoms. The van der Waals surface area contributed by atoms with Gasteiger partial charge in [0.2, 0.25) is 0 Å². The monoisotopic (exact) mass is 481 g/mol. The lowest BCUT2D eigenvalue weighted by atomic mass is 10.1. The molecule has 3 atom stereocenters. The van der Waals surface area contributed by atoms with Gasteiger partial charge in [-0.1, -0.05) is 33.3 Å². The molecule has 0 spiro atoms. The van der Waals surface area contributed by atoms with Crippen molar-refractivity contribution in [3.05, 3.63) is 23.8 Å².